The van der Waals surface area contributed by atoms with Crippen molar-refractivity contribution in [2.75, 3.05) is 19.6 Å². The third kappa shape index (κ3) is 18.9. The first kappa shape index (κ1) is 56.3. The number of nitrogens with zero attached hydrogens (tertiary/aromatic N) is 2. The summed E-state index contributed by atoms with van der Waals surface area (Å²) in [6, 6.07) is 6.59. The molecule has 25 nitrogen and oxygen atoms in total. The predicted molar refractivity (Wildman–Crippen MR) is 268 cm³/mol. The fourth-order valence-corrected chi connectivity index (χ4v) is 7.80. The molecule has 1 aliphatic rings. The van der Waals surface area contributed by atoms with Gasteiger partial charge in [-0.15, -0.1) is 0 Å². The predicted octanol–water partition coefficient (Wildman–Crippen LogP) is -3.33. The molecule has 390 valence electrons. The second kappa shape index (κ2) is 28.4. The molecule has 2 aromatic carbocycles. The number of aliphatic imine (C=N–C) groups is 2. The summed E-state index contributed by atoms with van der Waals surface area (Å²) in [7, 11) is 0. The first-order chi connectivity index (χ1) is 34.3. The summed E-state index contributed by atoms with van der Waals surface area (Å²) in [4.78, 5) is 134. The maximum atomic E-state index is 14.4. The SMILES string of the molecule is CC(=O)N[C@@H](CCCN=C(N)N)C(=O)N[C@H]1CC(=O)NCCCC[C@@H](C(N)=O)NC(=O)[C@H](Cc2c[nH]c3ccccc23)NC(=O)[C@H](CCCN=C(N)N)NC(=O)[C@@H](Cc2ccccc2)NC(=O)[C@H](C)NC1=O. The van der Waals surface area contributed by atoms with Crippen LogP contribution in [0.3, 0.4) is 0 Å². The molecule has 72 heavy (non-hydrogen) atoms. The number of para-hydroxylation sites is 1. The molecule has 1 aromatic heterocycles. The van der Waals surface area contributed by atoms with Crippen molar-refractivity contribution in [1.29, 1.82) is 0 Å². The van der Waals surface area contributed by atoms with Crippen LogP contribution >= 0.6 is 0 Å². The minimum Gasteiger partial charge on any atom is -0.370 e. The van der Waals surface area contributed by atoms with Gasteiger partial charge in [-0.1, -0.05) is 48.5 Å². The number of guanidine groups is 2. The maximum Gasteiger partial charge on any atom is 0.243 e. The lowest BCUT2D eigenvalue weighted by atomic mass is 10.0. The number of carbonyl (C=O) groups excluding carboxylic acids is 9. The minimum atomic E-state index is -1.59. The number of primary amides is 1. The van der Waals surface area contributed by atoms with Crippen LogP contribution in [0.4, 0.5) is 0 Å². The molecule has 0 saturated carbocycles. The number of hydrogen-bond acceptors (Lipinski definition) is 11. The quantitative estimate of drug-likeness (QED) is 0.0380. The number of aromatic amines is 1. The highest BCUT2D eigenvalue weighted by Crippen LogP contribution is 2.20. The van der Waals surface area contributed by atoms with Crippen LogP contribution in [0.2, 0.25) is 0 Å². The number of H-pyrrole nitrogens is 1. The Bertz CT molecular complexity index is 2440. The summed E-state index contributed by atoms with van der Waals surface area (Å²) in [5.74, 6) is -7.46. The van der Waals surface area contributed by atoms with E-state index in [1.54, 1.807) is 36.5 Å². The molecule has 25 heteroatoms. The summed E-state index contributed by atoms with van der Waals surface area (Å²) in [5.41, 5.74) is 29.7. The maximum absolute atomic E-state index is 14.4. The zero-order valence-corrected chi connectivity index (χ0v) is 40.5. The highest BCUT2D eigenvalue weighted by molar-refractivity contribution is 5.99. The number of nitrogens with two attached hydrogens (primary N) is 5. The van der Waals surface area contributed by atoms with Crippen LogP contribution in [-0.2, 0) is 56.0 Å². The molecule has 0 bridgehead atoms. The van der Waals surface area contributed by atoms with Crippen molar-refractivity contribution in [3.63, 3.8) is 0 Å². The first-order valence-electron chi connectivity index (χ1n) is 23.7. The number of rotatable bonds is 16. The van der Waals surface area contributed by atoms with E-state index in [1.807, 2.05) is 24.3 Å². The average Bonchev–Trinajstić information content (AvgIpc) is 3.74. The lowest BCUT2D eigenvalue weighted by Gasteiger charge is -2.27. The Labute approximate surface area is 416 Å². The number of aromatic nitrogens is 1. The van der Waals surface area contributed by atoms with Crippen LogP contribution in [0.5, 0.6) is 0 Å². The van der Waals surface area contributed by atoms with Crippen molar-refractivity contribution >= 4 is 76.0 Å². The first-order valence-corrected chi connectivity index (χ1v) is 23.7. The number of nitrogens with one attached hydrogen (secondary N) is 9. The van der Waals surface area contributed by atoms with E-state index in [1.165, 1.54) is 13.8 Å². The zero-order valence-electron chi connectivity index (χ0n) is 40.5. The molecule has 4 rings (SSSR count). The molecule has 19 N–H and O–H groups in total. The Morgan fingerprint density at radius 2 is 1.32 bits per heavy atom. The molecule has 1 aliphatic heterocycles. The van der Waals surface area contributed by atoms with Crippen molar-refractivity contribution in [3.05, 3.63) is 71.9 Å². The zero-order chi connectivity index (χ0) is 52.7. The Hall–Kier alpha value is -8.25. The van der Waals surface area contributed by atoms with Crippen LogP contribution in [0.15, 0.2) is 70.8 Å². The van der Waals surface area contributed by atoms with E-state index in [-0.39, 0.29) is 89.3 Å². The molecule has 1 saturated heterocycles. The Morgan fingerprint density at radius 1 is 0.708 bits per heavy atom. The fraction of sp³-hybridized carbons (Fsp3) is 0.468. The van der Waals surface area contributed by atoms with Crippen LogP contribution in [-0.4, -0.2) is 132 Å². The van der Waals surface area contributed by atoms with Crippen molar-refractivity contribution in [3.8, 4) is 0 Å². The van der Waals surface area contributed by atoms with E-state index in [9.17, 15) is 43.2 Å². The second-order valence-corrected chi connectivity index (χ2v) is 17.4. The van der Waals surface area contributed by atoms with Gasteiger partial charge in [-0.25, -0.2) is 0 Å². The van der Waals surface area contributed by atoms with Gasteiger partial charge in [-0.3, -0.25) is 53.1 Å². The minimum absolute atomic E-state index is 0.0324. The van der Waals surface area contributed by atoms with E-state index < -0.39 is 102 Å². The van der Waals surface area contributed by atoms with Gasteiger partial charge < -0.3 is 76.2 Å². The topological polar surface area (TPSA) is 420 Å². The van der Waals surface area contributed by atoms with E-state index in [4.69, 9.17) is 28.7 Å². The van der Waals surface area contributed by atoms with E-state index in [0.717, 1.165) is 10.9 Å². The third-order valence-corrected chi connectivity index (χ3v) is 11.5. The fourth-order valence-electron chi connectivity index (χ4n) is 7.80. The van der Waals surface area contributed by atoms with E-state index >= 15 is 0 Å². The summed E-state index contributed by atoms with van der Waals surface area (Å²) in [6.07, 6.45) is 1.92. The third-order valence-electron chi connectivity index (χ3n) is 11.5. The normalized spacial score (nSPS) is 21.5. The molecule has 3 aromatic rings. The highest BCUT2D eigenvalue weighted by Gasteiger charge is 2.34. The Morgan fingerprint density at radius 3 is 2.00 bits per heavy atom. The lowest BCUT2D eigenvalue weighted by molar-refractivity contribution is -0.136. The van der Waals surface area contributed by atoms with Gasteiger partial charge >= 0.3 is 0 Å². The molecule has 0 radical (unpaired) electrons. The van der Waals surface area contributed by atoms with Gasteiger partial charge in [0.1, 0.15) is 42.3 Å². The van der Waals surface area contributed by atoms with Gasteiger partial charge in [0.25, 0.3) is 0 Å². The monoisotopic (exact) mass is 1000 g/mol. The van der Waals surface area contributed by atoms with E-state index in [0.29, 0.717) is 11.1 Å². The number of carbonyl (C=O) groups is 9. The molecule has 9 amide bonds. The molecule has 0 spiro atoms. The number of benzene rings is 2. The van der Waals surface area contributed by atoms with Crippen molar-refractivity contribution in [2.24, 2.45) is 38.7 Å². The summed E-state index contributed by atoms with van der Waals surface area (Å²) in [5, 5.41) is 21.8. The van der Waals surface area contributed by atoms with Gasteiger partial charge in [-0.05, 0) is 69.1 Å². The van der Waals surface area contributed by atoms with Crippen LogP contribution in [0.25, 0.3) is 10.9 Å². The van der Waals surface area contributed by atoms with Gasteiger partial charge in [0, 0.05) is 56.5 Å². The molecular weight excluding hydrogens is 933 g/mol. The highest BCUT2D eigenvalue weighted by atomic mass is 16.2. The summed E-state index contributed by atoms with van der Waals surface area (Å²) < 4.78 is 0. The van der Waals surface area contributed by atoms with Crippen molar-refractivity contribution < 1.29 is 43.2 Å². The second-order valence-electron chi connectivity index (χ2n) is 17.4. The van der Waals surface area contributed by atoms with Crippen LogP contribution < -0.4 is 71.2 Å². The molecule has 0 unspecified atom stereocenters. The summed E-state index contributed by atoms with van der Waals surface area (Å²) >= 11 is 0. The molecular formula is C47H68N16O9. The largest absolute Gasteiger partial charge is 0.370 e. The van der Waals surface area contributed by atoms with Gasteiger partial charge in [0.2, 0.25) is 53.2 Å². The molecule has 1 fully saturated rings. The van der Waals surface area contributed by atoms with Crippen molar-refractivity contribution in [2.45, 2.75) is 120 Å². The number of fused-ring (bicyclic) bond motifs is 1. The molecule has 7 atom stereocenters. The Balaban J connectivity index is 1.71. The van der Waals surface area contributed by atoms with Gasteiger partial charge in [0.05, 0.1) is 6.42 Å². The molecule has 2 heterocycles. The molecule has 0 aliphatic carbocycles. The van der Waals surface area contributed by atoms with Gasteiger partial charge in [-0.2, -0.15) is 0 Å². The van der Waals surface area contributed by atoms with E-state index in [2.05, 4.69) is 57.5 Å². The number of amides is 9. The van der Waals surface area contributed by atoms with Crippen LogP contribution in [0, 0.1) is 0 Å². The number of hydrogen-bond donors (Lipinski definition) is 14. The van der Waals surface area contributed by atoms with Crippen LogP contribution in [0.1, 0.15) is 76.3 Å². The average molecular weight is 1000 g/mol. The lowest BCUT2D eigenvalue weighted by Crippen LogP contribution is -2.60. The van der Waals surface area contributed by atoms with Crippen molar-refractivity contribution in [1.82, 2.24) is 47.5 Å². The smallest absolute Gasteiger partial charge is 0.243 e. The standard InChI is InChI=1S/C47H68N16O9/c1-26-40(67)61-35(22-28-12-4-3-5-13-28)44(71)60-34(18-11-21-55-47(51)52)42(69)62-36(23-29-25-56-31-15-7-6-14-30(29)31)45(72)59-32(39(48)66)16-8-9-19-53-38(65)24-37(43(70)57-26)63-41(68)33(58-27(2)64)17-10-20-54-46(49)50/h3-7,12-15,25-26,32-37,56H,8-11,16-24H2,1-2H3,(H2,48,66)(H,53,65)(H,57,70)(H,58,64)(H,59,72)(H,60,71)(H,61,67)(H,62,69)(H,63,68)(H4,49,50,54)(H4,51,52,55)/t26-,32-,33-,34-,35+,36-,37-/m0/s1. The Kier molecular flexibility index (Phi) is 22.2. The van der Waals surface area contributed by atoms with Gasteiger partial charge in [0.15, 0.2) is 11.9 Å². The summed E-state index contributed by atoms with van der Waals surface area (Å²) in [6.45, 7) is 2.75.